The molecule has 0 bridgehead atoms. The molecule has 19 heavy (non-hydrogen) atoms. The number of likely N-dealkylation sites (tertiary alicyclic amines) is 1. The number of hydrogen-bond acceptors (Lipinski definition) is 4. The lowest BCUT2D eigenvalue weighted by molar-refractivity contribution is 0.272. The number of rotatable bonds is 3. The number of hydrogen-bond donors (Lipinski definition) is 1. The Hall–Kier alpha value is -1.46. The molecule has 0 saturated carbocycles. The van der Waals surface area contributed by atoms with Gasteiger partial charge in [-0.1, -0.05) is 6.07 Å². The summed E-state index contributed by atoms with van der Waals surface area (Å²) in [7, 11) is 0. The van der Waals surface area contributed by atoms with E-state index in [0.717, 1.165) is 36.7 Å². The van der Waals surface area contributed by atoms with Crippen LogP contribution in [0.25, 0.3) is 5.65 Å². The summed E-state index contributed by atoms with van der Waals surface area (Å²) in [6, 6.07) is 6.58. The van der Waals surface area contributed by atoms with E-state index in [4.69, 9.17) is 5.73 Å². The third-order valence-corrected chi connectivity index (χ3v) is 3.98. The van der Waals surface area contributed by atoms with Gasteiger partial charge in [-0.3, -0.25) is 0 Å². The van der Waals surface area contributed by atoms with Gasteiger partial charge in [0.05, 0.1) is 5.69 Å². The van der Waals surface area contributed by atoms with Crippen LogP contribution in [0.15, 0.2) is 18.2 Å². The van der Waals surface area contributed by atoms with Gasteiger partial charge in [-0.15, -0.1) is 0 Å². The largest absolute Gasteiger partial charge is 0.325 e. The van der Waals surface area contributed by atoms with E-state index in [1.54, 1.807) is 0 Å². The van der Waals surface area contributed by atoms with E-state index in [1.807, 2.05) is 22.7 Å². The van der Waals surface area contributed by atoms with E-state index in [0.29, 0.717) is 18.5 Å². The van der Waals surface area contributed by atoms with E-state index in [-0.39, 0.29) is 0 Å². The van der Waals surface area contributed by atoms with Crippen molar-refractivity contribution in [2.24, 2.45) is 5.73 Å². The summed E-state index contributed by atoms with van der Waals surface area (Å²) < 4.78 is 1.88. The predicted molar refractivity (Wildman–Crippen MR) is 74.9 cm³/mol. The SMILES string of the molecule is CC(C)N1CCC(c2nc3cccc(CN)n3n2)C1. The Labute approximate surface area is 113 Å². The van der Waals surface area contributed by atoms with Gasteiger partial charge in [-0.2, -0.15) is 5.10 Å². The van der Waals surface area contributed by atoms with E-state index in [2.05, 4.69) is 28.8 Å². The monoisotopic (exact) mass is 259 g/mol. The maximum atomic E-state index is 5.74. The molecule has 2 N–H and O–H groups in total. The van der Waals surface area contributed by atoms with Crippen LogP contribution in [0.2, 0.25) is 0 Å². The van der Waals surface area contributed by atoms with Crippen molar-refractivity contribution in [3.8, 4) is 0 Å². The molecule has 2 aromatic heterocycles. The Balaban J connectivity index is 1.90. The molecular formula is C14H21N5. The molecular weight excluding hydrogens is 238 g/mol. The Morgan fingerprint density at radius 1 is 1.42 bits per heavy atom. The maximum Gasteiger partial charge on any atom is 0.156 e. The van der Waals surface area contributed by atoms with Crippen LogP contribution in [-0.2, 0) is 6.54 Å². The fourth-order valence-electron chi connectivity index (χ4n) is 2.77. The van der Waals surface area contributed by atoms with Gasteiger partial charge in [0, 0.05) is 25.0 Å². The predicted octanol–water partition coefficient (Wildman–Crippen LogP) is 1.39. The minimum absolute atomic E-state index is 0.452. The van der Waals surface area contributed by atoms with Gasteiger partial charge in [-0.05, 0) is 38.9 Å². The average Bonchev–Trinajstić information content (AvgIpc) is 3.04. The minimum atomic E-state index is 0.452. The summed E-state index contributed by atoms with van der Waals surface area (Å²) >= 11 is 0. The van der Waals surface area contributed by atoms with Crippen LogP contribution in [0.1, 0.15) is 37.7 Å². The second-order valence-corrected chi connectivity index (χ2v) is 5.54. The number of pyridine rings is 1. The molecule has 2 aromatic rings. The summed E-state index contributed by atoms with van der Waals surface area (Å²) in [6.45, 7) is 7.18. The zero-order chi connectivity index (χ0) is 13.4. The van der Waals surface area contributed by atoms with Crippen molar-refractivity contribution in [2.45, 2.75) is 38.8 Å². The summed E-state index contributed by atoms with van der Waals surface area (Å²) in [4.78, 5) is 7.15. The highest BCUT2D eigenvalue weighted by Gasteiger charge is 2.28. The van der Waals surface area contributed by atoms with Crippen molar-refractivity contribution in [2.75, 3.05) is 13.1 Å². The fraction of sp³-hybridized carbons (Fsp3) is 0.571. The van der Waals surface area contributed by atoms with Crippen LogP contribution in [-0.4, -0.2) is 38.6 Å². The second-order valence-electron chi connectivity index (χ2n) is 5.54. The van der Waals surface area contributed by atoms with Crippen LogP contribution in [0.5, 0.6) is 0 Å². The molecule has 102 valence electrons. The van der Waals surface area contributed by atoms with E-state index >= 15 is 0 Å². The van der Waals surface area contributed by atoms with E-state index in [1.165, 1.54) is 0 Å². The molecule has 0 aromatic carbocycles. The first-order chi connectivity index (χ1) is 9.19. The quantitative estimate of drug-likeness (QED) is 0.905. The van der Waals surface area contributed by atoms with Gasteiger partial charge < -0.3 is 10.6 Å². The smallest absolute Gasteiger partial charge is 0.156 e. The van der Waals surface area contributed by atoms with Crippen LogP contribution in [0.4, 0.5) is 0 Å². The molecule has 3 rings (SSSR count). The van der Waals surface area contributed by atoms with Crippen molar-refractivity contribution in [3.63, 3.8) is 0 Å². The molecule has 0 aliphatic carbocycles. The van der Waals surface area contributed by atoms with E-state index in [9.17, 15) is 0 Å². The van der Waals surface area contributed by atoms with Gasteiger partial charge >= 0.3 is 0 Å². The first kappa shape index (κ1) is 12.6. The Morgan fingerprint density at radius 3 is 2.95 bits per heavy atom. The van der Waals surface area contributed by atoms with Crippen LogP contribution in [0, 0.1) is 0 Å². The number of aromatic nitrogens is 3. The van der Waals surface area contributed by atoms with Crippen LogP contribution in [0.3, 0.4) is 0 Å². The molecule has 1 atom stereocenters. The highest BCUT2D eigenvalue weighted by atomic mass is 15.3. The molecule has 3 heterocycles. The molecule has 5 heteroatoms. The molecule has 5 nitrogen and oxygen atoms in total. The van der Waals surface area contributed by atoms with Gasteiger partial charge in [0.25, 0.3) is 0 Å². The summed E-state index contributed by atoms with van der Waals surface area (Å²) in [5.74, 6) is 1.41. The number of fused-ring (bicyclic) bond motifs is 1. The first-order valence-corrected chi connectivity index (χ1v) is 6.97. The molecule has 1 fully saturated rings. The normalized spacial score (nSPS) is 20.7. The number of nitrogens with two attached hydrogens (primary N) is 1. The third-order valence-electron chi connectivity index (χ3n) is 3.98. The highest BCUT2D eigenvalue weighted by molar-refractivity contribution is 5.39. The number of nitrogens with zero attached hydrogens (tertiary/aromatic N) is 4. The van der Waals surface area contributed by atoms with Crippen molar-refractivity contribution in [1.82, 2.24) is 19.5 Å². The molecule has 1 unspecified atom stereocenters. The van der Waals surface area contributed by atoms with Gasteiger partial charge in [0.15, 0.2) is 11.5 Å². The topological polar surface area (TPSA) is 59.5 Å². The fourth-order valence-corrected chi connectivity index (χ4v) is 2.77. The first-order valence-electron chi connectivity index (χ1n) is 6.97. The van der Waals surface area contributed by atoms with Gasteiger partial charge in [0.1, 0.15) is 0 Å². The molecule has 1 aliphatic heterocycles. The van der Waals surface area contributed by atoms with Gasteiger partial charge in [0.2, 0.25) is 0 Å². The molecule has 0 radical (unpaired) electrons. The minimum Gasteiger partial charge on any atom is -0.325 e. The standard InChI is InChI=1S/C14H21N5/c1-10(2)18-7-6-11(9-18)14-16-13-5-3-4-12(8-15)19(13)17-14/h3-5,10-11H,6-9,15H2,1-2H3. The Morgan fingerprint density at radius 2 is 2.26 bits per heavy atom. The zero-order valence-corrected chi connectivity index (χ0v) is 11.6. The third kappa shape index (κ3) is 2.24. The van der Waals surface area contributed by atoms with Crippen molar-refractivity contribution in [3.05, 3.63) is 29.7 Å². The molecule has 1 aliphatic rings. The van der Waals surface area contributed by atoms with Crippen molar-refractivity contribution in [1.29, 1.82) is 0 Å². The zero-order valence-electron chi connectivity index (χ0n) is 11.6. The van der Waals surface area contributed by atoms with Crippen LogP contribution < -0.4 is 5.73 Å². The van der Waals surface area contributed by atoms with Crippen molar-refractivity contribution >= 4 is 5.65 Å². The summed E-state index contributed by atoms with van der Waals surface area (Å²) in [5.41, 5.74) is 7.66. The highest BCUT2D eigenvalue weighted by Crippen LogP contribution is 2.26. The lowest BCUT2D eigenvalue weighted by Gasteiger charge is -2.19. The summed E-state index contributed by atoms with van der Waals surface area (Å²) in [6.07, 6.45) is 1.15. The van der Waals surface area contributed by atoms with Gasteiger partial charge in [-0.25, -0.2) is 9.50 Å². The second kappa shape index (κ2) is 4.90. The van der Waals surface area contributed by atoms with E-state index < -0.39 is 0 Å². The van der Waals surface area contributed by atoms with Crippen molar-refractivity contribution < 1.29 is 0 Å². The lowest BCUT2D eigenvalue weighted by Crippen LogP contribution is -2.28. The average molecular weight is 259 g/mol. The Bertz CT molecular complexity index is 574. The summed E-state index contributed by atoms with van der Waals surface area (Å²) in [5, 5.41) is 4.66. The maximum absolute atomic E-state index is 5.74. The lowest BCUT2D eigenvalue weighted by atomic mass is 10.1. The Kier molecular flexibility index (Phi) is 3.24. The molecule has 0 amide bonds. The molecule has 0 spiro atoms. The van der Waals surface area contributed by atoms with Crippen LogP contribution >= 0.6 is 0 Å². The molecule has 1 saturated heterocycles.